The molecule has 5 heteroatoms. The molecule has 1 aliphatic rings. The van der Waals surface area contributed by atoms with Gasteiger partial charge in [0.05, 0.1) is 0 Å². The predicted octanol–water partition coefficient (Wildman–Crippen LogP) is 1.41. The molecule has 1 fully saturated rings. The van der Waals surface area contributed by atoms with E-state index in [1.165, 1.54) is 0 Å². The first-order valence-corrected chi connectivity index (χ1v) is 6.71. The minimum Gasteiger partial charge on any atom is -0.481 e. The van der Waals surface area contributed by atoms with Crippen molar-refractivity contribution in [2.24, 2.45) is 5.73 Å². The van der Waals surface area contributed by atoms with Gasteiger partial charge in [-0.25, -0.2) is 0 Å². The standard InChI is InChI=1S/C13H24N2O3/c1-10(5-4-6-12(17)18)15-11(16)9-13(14)7-2-3-8-13/h10H,2-9,14H2,1H3,(H,15,16)(H,17,18). The SMILES string of the molecule is CC(CCCC(=O)O)NC(=O)CC1(N)CCCC1. The third-order valence-corrected chi connectivity index (χ3v) is 3.55. The molecule has 4 N–H and O–H groups in total. The Labute approximate surface area is 108 Å². The summed E-state index contributed by atoms with van der Waals surface area (Å²) < 4.78 is 0. The fraction of sp³-hybridized carbons (Fsp3) is 0.846. The molecule has 0 bridgehead atoms. The Morgan fingerprint density at radius 2 is 2.00 bits per heavy atom. The van der Waals surface area contributed by atoms with Crippen LogP contribution in [0.5, 0.6) is 0 Å². The lowest BCUT2D eigenvalue weighted by atomic mass is 9.94. The highest BCUT2D eigenvalue weighted by Gasteiger charge is 2.31. The van der Waals surface area contributed by atoms with Gasteiger partial charge in [-0.05, 0) is 32.6 Å². The van der Waals surface area contributed by atoms with Crippen LogP contribution in [0.2, 0.25) is 0 Å². The summed E-state index contributed by atoms with van der Waals surface area (Å²) in [6.07, 6.45) is 5.88. The van der Waals surface area contributed by atoms with Crippen molar-refractivity contribution in [1.82, 2.24) is 5.32 Å². The lowest BCUT2D eigenvalue weighted by molar-refractivity contribution is -0.137. The van der Waals surface area contributed by atoms with Crippen molar-refractivity contribution in [3.8, 4) is 0 Å². The van der Waals surface area contributed by atoms with Gasteiger partial charge < -0.3 is 16.2 Å². The third kappa shape index (κ3) is 5.49. The van der Waals surface area contributed by atoms with Crippen LogP contribution in [0.1, 0.15) is 58.3 Å². The Morgan fingerprint density at radius 3 is 2.56 bits per heavy atom. The van der Waals surface area contributed by atoms with Crippen molar-refractivity contribution in [3.63, 3.8) is 0 Å². The number of nitrogens with one attached hydrogen (secondary N) is 1. The van der Waals surface area contributed by atoms with Gasteiger partial charge in [0, 0.05) is 24.4 Å². The maximum atomic E-state index is 11.8. The van der Waals surface area contributed by atoms with Crippen molar-refractivity contribution < 1.29 is 14.7 Å². The minimum absolute atomic E-state index is 0.0118. The lowest BCUT2D eigenvalue weighted by Crippen LogP contribution is -2.44. The van der Waals surface area contributed by atoms with E-state index in [-0.39, 0.29) is 23.9 Å². The van der Waals surface area contributed by atoms with E-state index >= 15 is 0 Å². The fourth-order valence-electron chi connectivity index (χ4n) is 2.53. The number of rotatable bonds is 7. The van der Waals surface area contributed by atoms with Gasteiger partial charge in [0.25, 0.3) is 0 Å². The maximum absolute atomic E-state index is 11.8. The Bertz CT molecular complexity index is 299. The fourth-order valence-corrected chi connectivity index (χ4v) is 2.53. The summed E-state index contributed by atoms with van der Waals surface area (Å²) in [5.74, 6) is -0.803. The molecule has 1 amide bonds. The number of hydrogen-bond donors (Lipinski definition) is 3. The highest BCUT2D eigenvalue weighted by atomic mass is 16.4. The van der Waals surface area contributed by atoms with E-state index in [4.69, 9.17) is 10.8 Å². The molecule has 0 aromatic heterocycles. The normalized spacial score (nSPS) is 19.4. The first-order chi connectivity index (χ1) is 8.41. The van der Waals surface area contributed by atoms with Gasteiger partial charge in [-0.15, -0.1) is 0 Å². The number of carboxylic acid groups (broad SMARTS) is 1. The van der Waals surface area contributed by atoms with E-state index in [0.717, 1.165) is 25.7 Å². The molecule has 104 valence electrons. The summed E-state index contributed by atoms with van der Waals surface area (Å²) in [4.78, 5) is 22.2. The predicted molar refractivity (Wildman–Crippen MR) is 69.1 cm³/mol. The Morgan fingerprint density at radius 1 is 1.39 bits per heavy atom. The van der Waals surface area contributed by atoms with Crippen molar-refractivity contribution in [2.45, 2.75) is 69.9 Å². The average Bonchev–Trinajstić information content (AvgIpc) is 2.63. The summed E-state index contributed by atoms with van der Waals surface area (Å²) in [5.41, 5.74) is 5.82. The van der Waals surface area contributed by atoms with Gasteiger partial charge in [0.15, 0.2) is 0 Å². The third-order valence-electron chi connectivity index (χ3n) is 3.55. The van der Waals surface area contributed by atoms with Crippen molar-refractivity contribution in [1.29, 1.82) is 0 Å². The number of carbonyl (C=O) groups is 2. The first kappa shape index (κ1) is 15.0. The highest BCUT2D eigenvalue weighted by Crippen LogP contribution is 2.29. The van der Waals surface area contributed by atoms with Crippen LogP contribution in [-0.2, 0) is 9.59 Å². The summed E-state index contributed by atoms with van der Waals surface area (Å²) >= 11 is 0. The van der Waals surface area contributed by atoms with Gasteiger partial charge in [-0.2, -0.15) is 0 Å². The second-order valence-corrected chi connectivity index (χ2v) is 5.50. The zero-order valence-electron chi connectivity index (χ0n) is 11.1. The highest BCUT2D eigenvalue weighted by molar-refractivity contribution is 5.77. The molecule has 1 aliphatic carbocycles. The Kier molecular flexibility index (Phi) is 5.59. The lowest BCUT2D eigenvalue weighted by Gasteiger charge is -2.24. The van der Waals surface area contributed by atoms with Crippen LogP contribution in [0, 0.1) is 0 Å². The van der Waals surface area contributed by atoms with E-state index in [9.17, 15) is 9.59 Å². The van der Waals surface area contributed by atoms with Crippen LogP contribution in [0.15, 0.2) is 0 Å². The summed E-state index contributed by atoms with van der Waals surface area (Å²) in [6, 6.07) is 0.0156. The minimum atomic E-state index is -0.791. The van der Waals surface area contributed by atoms with Crippen LogP contribution < -0.4 is 11.1 Å². The summed E-state index contributed by atoms with van der Waals surface area (Å²) in [5, 5.41) is 11.4. The largest absolute Gasteiger partial charge is 0.481 e. The molecule has 1 rings (SSSR count). The van der Waals surface area contributed by atoms with Gasteiger partial charge in [-0.1, -0.05) is 12.8 Å². The van der Waals surface area contributed by atoms with E-state index in [2.05, 4.69) is 5.32 Å². The smallest absolute Gasteiger partial charge is 0.303 e. The zero-order chi connectivity index (χ0) is 13.6. The number of carbonyl (C=O) groups excluding carboxylic acids is 1. The molecular formula is C13H24N2O3. The quantitative estimate of drug-likeness (QED) is 0.642. The molecule has 5 nitrogen and oxygen atoms in total. The molecule has 0 spiro atoms. The van der Waals surface area contributed by atoms with Crippen LogP contribution >= 0.6 is 0 Å². The summed E-state index contributed by atoms with van der Waals surface area (Å²) in [6.45, 7) is 1.90. The van der Waals surface area contributed by atoms with Gasteiger partial charge >= 0.3 is 5.97 Å². The van der Waals surface area contributed by atoms with Crippen molar-refractivity contribution in [3.05, 3.63) is 0 Å². The molecule has 0 saturated heterocycles. The monoisotopic (exact) mass is 256 g/mol. The summed E-state index contributed by atoms with van der Waals surface area (Å²) in [7, 11) is 0. The number of nitrogens with two attached hydrogens (primary N) is 1. The number of carboxylic acids is 1. The maximum Gasteiger partial charge on any atom is 0.303 e. The average molecular weight is 256 g/mol. The molecule has 1 saturated carbocycles. The molecule has 18 heavy (non-hydrogen) atoms. The molecule has 1 atom stereocenters. The number of amides is 1. The Hall–Kier alpha value is -1.10. The van der Waals surface area contributed by atoms with E-state index in [0.29, 0.717) is 19.3 Å². The molecule has 0 aromatic carbocycles. The Balaban J connectivity index is 2.20. The van der Waals surface area contributed by atoms with Crippen LogP contribution in [0.4, 0.5) is 0 Å². The van der Waals surface area contributed by atoms with E-state index in [1.807, 2.05) is 6.92 Å². The van der Waals surface area contributed by atoms with Crippen molar-refractivity contribution in [2.75, 3.05) is 0 Å². The molecule has 0 aromatic rings. The van der Waals surface area contributed by atoms with E-state index in [1.54, 1.807) is 0 Å². The van der Waals surface area contributed by atoms with Crippen LogP contribution in [-0.4, -0.2) is 28.6 Å². The topological polar surface area (TPSA) is 92.4 Å². The molecule has 0 aliphatic heterocycles. The molecular weight excluding hydrogens is 232 g/mol. The second kappa shape index (κ2) is 6.73. The molecule has 0 radical (unpaired) electrons. The first-order valence-electron chi connectivity index (χ1n) is 6.71. The number of hydrogen-bond acceptors (Lipinski definition) is 3. The van der Waals surface area contributed by atoms with Crippen LogP contribution in [0.3, 0.4) is 0 Å². The zero-order valence-corrected chi connectivity index (χ0v) is 11.1. The molecule has 1 unspecified atom stereocenters. The van der Waals surface area contributed by atoms with Gasteiger partial charge in [0.1, 0.15) is 0 Å². The van der Waals surface area contributed by atoms with E-state index < -0.39 is 5.97 Å². The van der Waals surface area contributed by atoms with Crippen molar-refractivity contribution >= 4 is 11.9 Å². The van der Waals surface area contributed by atoms with Gasteiger partial charge in [-0.3, -0.25) is 9.59 Å². The van der Waals surface area contributed by atoms with Gasteiger partial charge in [0.2, 0.25) is 5.91 Å². The number of aliphatic carboxylic acids is 1. The second-order valence-electron chi connectivity index (χ2n) is 5.50. The molecule has 0 heterocycles. The van der Waals surface area contributed by atoms with Crippen LogP contribution in [0.25, 0.3) is 0 Å².